The second-order valence-corrected chi connectivity index (χ2v) is 5.38. The fourth-order valence-electron chi connectivity index (χ4n) is 2.49. The molecule has 1 aliphatic heterocycles. The van der Waals surface area contributed by atoms with Gasteiger partial charge in [0.05, 0.1) is 5.56 Å². The van der Waals surface area contributed by atoms with Crippen molar-refractivity contribution in [3.63, 3.8) is 0 Å². The first-order chi connectivity index (χ1) is 11.0. The van der Waals surface area contributed by atoms with Gasteiger partial charge in [-0.3, -0.25) is 9.59 Å². The minimum absolute atomic E-state index is 0.0410. The van der Waals surface area contributed by atoms with Gasteiger partial charge in [0.25, 0.3) is 5.91 Å². The van der Waals surface area contributed by atoms with E-state index < -0.39 is 12.1 Å². The summed E-state index contributed by atoms with van der Waals surface area (Å²) in [5, 5.41) is 2.70. The minimum Gasteiger partial charge on any atom is -0.448 e. The largest absolute Gasteiger partial charge is 0.448 e. The molecule has 0 aliphatic carbocycles. The van der Waals surface area contributed by atoms with Gasteiger partial charge in [0.1, 0.15) is 0 Å². The zero-order valence-electron chi connectivity index (χ0n) is 12.5. The first kappa shape index (κ1) is 15.0. The number of amides is 1. The number of Topliss-reactive ketones (excluding diaryl/α,β-unsaturated/α-hetero) is 1. The standard InChI is InChI=1S/C18H15NO4/c1-11(20)12-6-8-14(9-7-12)19-17(21)16-10-13-4-2-3-5-15(13)18(22)23-16/h2-9,16H,10H2,1H3,(H,19,21)/t16-/m1/s1. The molecule has 5 nitrogen and oxygen atoms in total. The van der Waals surface area contributed by atoms with Gasteiger partial charge in [-0.15, -0.1) is 0 Å². The van der Waals surface area contributed by atoms with Gasteiger partial charge in [-0.05, 0) is 42.8 Å². The van der Waals surface area contributed by atoms with Crippen LogP contribution >= 0.6 is 0 Å². The van der Waals surface area contributed by atoms with Crippen molar-refractivity contribution in [1.82, 2.24) is 0 Å². The molecule has 0 saturated carbocycles. The van der Waals surface area contributed by atoms with Crippen LogP contribution in [-0.4, -0.2) is 23.8 Å². The highest BCUT2D eigenvalue weighted by molar-refractivity contribution is 6.00. The van der Waals surface area contributed by atoms with E-state index in [0.29, 0.717) is 23.2 Å². The van der Waals surface area contributed by atoms with Crippen LogP contribution in [0.4, 0.5) is 5.69 Å². The molecule has 116 valence electrons. The number of carbonyl (C=O) groups excluding carboxylic acids is 3. The van der Waals surface area contributed by atoms with E-state index in [1.807, 2.05) is 12.1 Å². The van der Waals surface area contributed by atoms with Gasteiger partial charge in [-0.25, -0.2) is 4.79 Å². The van der Waals surface area contributed by atoms with Gasteiger partial charge >= 0.3 is 5.97 Å². The van der Waals surface area contributed by atoms with E-state index in [9.17, 15) is 14.4 Å². The molecule has 0 unspecified atom stereocenters. The van der Waals surface area contributed by atoms with E-state index in [-0.39, 0.29) is 11.7 Å². The number of hydrogen-bond donors (Lipinski definition) is 1. The molecule has 0 saturated heterocycles. The third-order valence-corrected chi connectivity index (χ3v) is 3.74. The Morgan fingerprint density at radius 2 is 1.78 bits per heavy atom. The molecule has 1 atom stereocenters. The lowest BCUT2D eigenvalue weighted by Gasteiger charge is -2.23. The van der Waals surface area contributed by atoms with E-state index in [0.717, 1.165) is 5.56 Å². The van der Waals surface area contributed by atoms with Crippen LogP contribution in [0.15, 0.2) is 48.5 Å². The number of rotatable bonds is 3. The van der Waals surface area contributed by atoms with Crippen molar-refractivity contribution < 1.29 is 19.1 Å². The Labute approximate surface area is 133 Å². The first-order valence-electron chi connectivity index (χ1n) is 7.25. The average Bonchev–Trinajstić information content (AvgIpc) is 2.55. The lowest BCUT2D eigenvalue weighted by Crippen LogP contribution is -2.37. The number of ether oxygens (including phenoxy) is 1. The van der Waals surface area contributed by atoms with Crippen LogP contribution in [0, 0.1) is 0 Å². The Morgan fingerprint density at radius 1 is 1.09 bits per heavy atom. The Morgan fingerprint density at radius 3 is 2.48 bits per heavy atom. The number of nitrogens with one attached hydrogen (secondary N) is 1. The molecule has 2 aromatic carbocycles. The molecule has 2 aromatic rings. The molecular weight excluding hydrogens is 294 g/mol. The Balaban J connectivity index is 1.72. The lowest BCUT2D eigenvalue weighted by atomic mass is 9.98. The Bertz CT molecular complexity index is 780. The van der Waals surface area contributed by atoms with Crippen LogP contribution in [0.2, 0.25) is 0 Å². The molecule has 1 heterocycles. The molecule has 0 aromatic heterocycles. The van der Waals surface area contributed by atoms with Gasteiger partial charge in [0, 0.05) is 17.7 Å². The number of benzene rings is 2. The highest BCUT2D eigenvalue weighted by atomic mass is 16.5. The van der Waals surface area contributed by atoms with E-state index in [4.69, 9.17) is 4.74 Å². The molecule has 1 aliphatic rings. The lowest BCUT2D eigenvalue weighted by molar-refractivity contribution is -0.125. The van der Waals surface area contributed by atoms with Crippen molar-refractivity contribution in [3.8, 4) is 0 Å². The fourth-order valence-corrected chi connectivity index (χ4v) is 2.49. The third-order valence-electron chi connectivity index (χ3n) is 3.74. The quantitative estimate of drug-likeness (QED) is 0.699. The predicted octanol–water partition coefficient (Wildman–Crippen LogP) is 2.61. The Hall–Kier alpha value is -2.95. The van der Waals surface area contributed by atoms with Gasteiger partial charge in [-0.1, -0.05) is 18.2 Å². The molecular formula is C18H15NO4. The summed E-state index contributed by atoms with van der Waals surface area (Å²) >= 11 is 0. The predicted molar refractivity (Wildman–Crippen MR) is 84.4 cm³/mol. The van der Waals surface area contributed by atoms with Crippen LogP contribution in [0.5, 0.6) is 0 Å². The molecule has 1 N–H and O–H groups in total. The van der Waals surface area contributed by atoms with Crippen LogP contribution in [0.1, 0.15) is 33.2 Å². The summed E-state index contributed by atoms with van der Waals surface area (Å²) in [4.78, 5) is 35.5. The Kier molecular flexibility index (Phi) is 3.93. The highest BCUT2D eigenvalue weighted by Crippen LogP contribution is 2.21. The van der Waals surface area contributed by atoms with Gasteiger partial charge in [-0.2, -0.15) is 0 Å². The van der Waals surface area contributed by atoms with Crippen molar-refractivity contribution in [2.75, 3.05) is 5.32 Å². The van der Waals surface area contributed by atoms with Crippen LogP contribution in [-0.2, 0) is 16.0 Å². The average molecular weight is 309 g/mol. The van der Waals surface area contributed by atoms with E-state index in [2.05, 4.69) is 5.32 Å². The number of esters is 1. The smallest absolute Gasteiger partial charge is 0.339 e. The summed E-state index contributed by atoms with van der Waals surface area (Å²) in [6.07, 6.45) is -0.510. The maximum absolute atomic E-state index is 12.3. The van der Waals surface area contributed by atoms with Gasteiger partial charge in [0.15, 0.2) is 11.9 Å². The molecule has 0 radical (unpaired) electrons. The number of anilines is 1. The zero-order valence-corrected chi connectivity index (χ0v) is 12.5. The van der Waals surface area contributed by atoms with Crippen LogP contribution in [0.25, 0.3) is 0 Å². The molecule has 0 fully saturated rings. The summed E-state index contributed by atoms with van der Waals surface area (Å²) in [6, 6.07) is 13.7. The monoisotopic (exact) mass is 309 g/mol. The molecule has 3 rings (SSSR count). The number of carbonyl (C=O) groups is 3. The summed E-state index contributed by atoms with van der Waals surface area (Å²) < 4.78 is 5.20. The number of cyclic esters (lactones) is 1. The normalized spacial score (nSPS) is 16.2. The van der Waals surface area contributed by atoms with E-state index in [1.165, 1.54) is 6.92 Å². The molecule has 0 spiro atoms. The van der Waals surface area contributed by atoms with Crippen LogP contribution in [0.3, 0.4) is 0 Å². The second-order valence-electron chi connectivity index (χ2n) is 5.38. The summed E-state index contributed by atoms with van der Waals surface area (Å²) in [6.45, 7) is 1.48. The van der Waals surface area contributed by atoms with Crippen molar-refractivity contribution in [3.05, 3.63) is 65.2 Å². The van der Waals surface area contributed by atoms with E-state index >= 15 is 0 Å². The molecule has 23 heavy (non-hydrogen) atoms. The minimum atomic E-state index is -0.857. The van der Waals surface area contributed by atoms with E-state index in [1.54, 1.807) is 36.4 Å². The highest BCUT2D eigenvalue weighted by Gasteiger charge is 2.30. The second kappa shape index (κ2) is 6.04. The van der Waals surface area contributed by atoms with Crippen molar-refractivity contribution >= 4 is 23.3 Å². The first-order valence-corrected chi connectivity index (χ1v) is 7.25. The number of ketones is 1. The SMILES string of the molecule is CC(=O)c1ccc(NC(=O)[C@H]2Cc3ccccc3C(=O)O2)cc1. The third kappa shape index (κ3) is 3.13. The maximum Gasteiger partial charge on any atom is 0.339 e. The van der Waals surface area contributed by atoms with Crippen LogP contribution < -0.4 is 5.32 Å². The summed E-state index contributed by atoms with van der Waals surface area (Å²) in [7, 11) is 0. The molecule has 1 amide bonds. The number of fused-ring (bicyclic) bond motifs is 1. The summed E-state index contributed by atoms with van der Waals surface area (Å²) in [5.74, 6) is -0.914. The van der Waals surface area contributed by atoms with Gasteiger partial charge in [0.2, 0.25) is 0 Å². The zero-order chi connectivity index (χ0) is 16.4. The van der Waals surface area contributed by atoms with Crippen molar-refractivity contribution in [2.24, 2.45) is 0 Å². The molecule has 5 heteroatoms. The molecule has 0 bridgehead atoms. The van der Waals surface area contributed by atoms with Crippen molar-refractivity contribution in [1.29, 1.82) is 0 Å². The maximum atomic E-state index is 12.3. The van der Waals surface area contributed by atoms with Gasteiger partial charge < -0.3 is 10.1 Å². The van der Waals surface area contributed by atoms with Crippen molar-refractivity contribution in [2.45, 2.75) is 19.4 Å². The topological polar surface area (TPSA) is 72.5 Å². The number of hydrogen-bond acceptors (Lipinski definition) is 4. The summed E-state index contributed by atoms with van der Waals surface area (Å²) in [5.41, 5.74) is 2.43. The fraction of sp³-hybridized carbons (Fsp3) is 0.167.